The van der Waals surface area contributed by atoms with Gasteiger partial charge in [-0.05, 0) is 25.3 Å². The van der Waals surface area contributed by atoms with E-state index in [0.29, 0.717) is 12.5 Å². The van der Waals surface area contributed by atoms with Crippen LogP contribution in [-0.2, 0) is 4.74 Å². The molecule has 0 aromatic rings. The first-order valence-corrected chi connectivity index (χ1v) is 7.88. The summed E-state index contributed by atoms with van der Waals surface area (Å²) in [7, 11) is 0. The number of nitrogens with one attached hydrogen (secondary N) is 1. The molecule has 1 heterocycles. The lowest BCUT2D eigenvalue weighted by atomic mass is 9.79. The van der Waals surface area contributed by atoms with Gasteiger partial charge in [-0.3, -0.25) is 4.90 Å². The van der Waals surface area contributed by atoms with Crippen LogP contribution in [0.1, 0.15) is 39.5 Å². The maximum atomic E-state index is 10.6. The zero-order valence-electron chi connectivity index (χ0n) is 12.5. The highest BCUT2D eigenvalue weighted by molar-refractivity contribution is 4.87. The minimum Gasteiger partial charge on any atom is -0.389 e. The molecule has 0 spiro atoms. The Morgan fingerprint density at radius 1 is 1.47 bits per heavy atom. The summed E-state index contributed by atoms with van der Waals surface area (Å²) in [5, 5.41) is 14.0. The first kappa shape index (κ1) is 15.2. The highest BCUT2D eigenvalue weighted by Gasteiger charge is 2.32. The van der Waals surface area contributed by atoms with E-state index in [2.05, 4.69) is 24.1 Å². The van der Waals surface area contributed by atoms with Gasteiger partial charge in [0.15, 0.2) is 0 Å². The summed E-state index contributed by atoms with van der Waals surface area (Å²) in [4.78, 5) is 2.42. The predicted molar refractivity (Wildman–Crippen MR) is 77.3 cm³/mol. The number of hydrogen-bond acceptors (Lipinski definition) is 4. The van der Waals surface area contributed by atoms with Crippen molar-refractivity contribution in [1.82, 2.24) is 10.2 Å². The fraction of sp³-hybridized carbons (Fsp3) is 1.00. The van der Waals surface area contributed by atoms with Gasteiger partial charge >= 0.3 is 0 Å². The molecule has 19 heavy (non-hydrogen) atoms. The van der Waals surface area contributed by atoms with Crippen LogP contribution in [0.15, 0.2) is 0 Å². The fourth-order valence-corrected chi connectivity index (χ4v) is 3.45. The molecule has 3 unspecified atom stereocenters. The first-order chi connectivity index (χ1) is 9.11. The molecule has 1 saturated heterocycles. The number of nitrogens with zero attached hydrogens (tertiary/aromatic N) is 1. The molecule has 2 aliphatic rings. The molecular weight excluding hydrogens is 240 g/mol. The molecule has 4 heteroatoms. The van der Waals surface area contributed by atoms with Crippen LogP contribution >= 0.6 is 0 Å². The average molecular weight is 270 g/mol. The largest absolute Gasteiger partial charge is 0.389 e. The molecule has 0 aromatic heterocycles. The van der Waals surface area contributed by atoms with Gasteiger partial charge in [-0.15, -0.1) is 0 Å². The van der Waals surface area contributed by atoms with Crippen LogP contribution in [0.4, 0.5) is 0 Å². The van der Waals surface area contributed by atoms with Crippen molar-refractivity contribution in [2.24, 2.45) is 5.92 Å². The predicted octanol–water partition coefficient (Wildman–Crippen LogP) is 1.24. The third-order valence-corrected chi connectivity index (χ3v) is 4.56. The topological polar surface area (TPSA) is 44.7 Å². The maximum absolute atomic E-state index is 10.6. The van der Waals surface area contributed by atoms with Crippen molar-refractivity contribution in [3.63, 3.8) is 0 Å². The molecule has 4 nitrogen and oxygen atoms in total. The lowest BCUT2D eigenvalue weighted by Crippen LogP contribution is -2.50. The summed E-state index contributed by atoms with van der Waals surface area (Å²) in [6.45, 7) is 10.0. The van der Waals surface area contributed by atoms with Crippen LogP contribution in [0.5, 0.6) is 0 Å². The first-order valence-electron chi connectivity index (χ1n) is 7.88. The molecule has 1 aliphatic heterocycles. The van der Waals surface area contributed by atoms with Gasteiger partial charge in [0, 0.05) is 26.2 Å². The summed E-state index contributed by atoms with van der Waals surface area (Å²) in [6.07, 6.45) is 4.57. The summed E-state index contributed by atoms with van der Waals surface area (Å²) >= 11 is 0. The molecule has 2 rings (SSSR count). The Balaban J connectivity index is 1.68. The molecule has 2 N–H and O–H groups in total. The lowest BCUT2D eigenvalue weighted by molar-refractivity contribution is -0.0365. The van der Waals surface area contributed by atoms with Crippen molar-refractivity contribution in [2.45, 2.75) is 51.2 Å². The van der Waals surface area contributed by atoms with Crippen LogP contribution in [0, 0.1) is 5.92 Å². The standard InChI is InChI=1S/C15H30N2O2/c1-3-17-7-8-19-14(11-17)10-16-12-15(18)6-4-5-13(2)9-15/h13-14,16,18H,3-12H2,1-2H3. The van der Waals surface area contributed by atoms with Gasteiger partial charge in [-0.25, -0.2) is 0 Å². The third-order valence-electron chi connectivity index (χ3n) is 4.56. The van der Waals surface area contributed by atoms with Crippen molar-refractivity contribution in [3.05, 3.63) is 0 Å². The zero-order chi connectivity index (χ0) is 13.7. The van der Waals surface area contributed by atoms with E-state index < -0.39 is 5.60 Å². The van der Waals surface area contributed by atoms with Gasteiger partial charge in [0.25, 0.3) is 0 Å². The maximum Gasteiger partial charge on any atom is 0.0826 e. The van der Waals surface area contributed by atoms with Crippen LogP contribution in [0.2, 0.25) is 0 Å². The van der Waals surface area contributed by atoms with Crippen molar-refractivity contribution >= 4 is 0 Å². The Bertz CT molecular complexity index is 275. The Morgan fingerprint density at radius 2 is 2.32 bits per heavy atom. The normalized spacial score (nSPS) is 37.4. The fourth-order valence-electron chi connectivity index (χ4n) is 3.45. The molecule has 0 bridgehead atoms. The third kappa shape index (κ3) is 4.71. The molecule has 0 aromatic carbocycles. The Morgan fingerprint density at radius 3 is 3.05 bits per heavy atom. The molecule has 0 radical (unpaired) electrons. The molecule has 3 atom stereocenters. The Kier molecular flexibility index (Phi) is 5.63. The van der Waals surface area contributed by atoms with E-state index in [1.807, 2.05) is 0 Å². The second-order valence-electron chi connectivity index (χ2n) is 6.44. The number of aliphatic hydroxyl groups is 1. The van der Waals surface area contributed by atoms with Crippen LogP contribution < -0.4 is 5.32 Å². The summed E-state index contributed by atoms with van der Waals surface area (Å²) < 4.78 is 5.77. The minimum atomic E-state index is -0.489. The number of morpholine rings is 1. The van der Waals surface area contributed by atoms with Crippen LogP contribution in [0.3, 0.4) is 0 Å². The van der Waals surface area contributed by atoms with Crippen molar-refractivity contribution in [3.8, 4) is 0 Å². The van der Waals surface area contributed by atoms with E-state index in [0.717, 1.165) is 52.0 Å². The van der Waals surface area contributed by atoms with Crippen molar-refractivity contribution < 1.29 is 9.84 Å². The summed E-state index contributed by atoms with van der Waals surface area (Å²) in [5.41, 5.74) is -0.489. The van der Waals surface area contributed by atoms with Crippen molar-refractivity contribution in [1.29, 1.82) is 0 Å². The van der Waals surface area contributed by atoms with Gasteiger partial charge in [0.05, 0.1) is 18.3 Å². The number of likely N-dealkylation sites (N-methyl/N-ethyl adjacent to an activating group) is 1. The second-order valence-corrected chi connectivity index (χ2v) is 6.44. The van der Waals surface area contributed by atoms with E-state index in [4.69, 9.17) is 4.74 Å². The Labute approximate surface area is 117 Å². The smallest absolute Gasteiger partial charge is 0.0826 e. The zero-order valence-corrected chi connectivity index (χ0v) is 12.5. The average Bonchev–Trinajstić information content (AvgIpc) is 2.38. The Hall–Kier alpha value is -0.160. The van der Waals surface area contributed by atoms with Crippen LogP contribution in [-0.4, -0.2) is 61.0 Å². The van der Waals surface area contributed by atoms with E-state index in [-0.39, 0.29) is 6.10 Å². The molecule has 0 amide bonds. The van der Waals surface area contributed by atoms with Gasteiger partial charge in [0.1, 0.15) is 0 Å². The summed E-state index contributed by atoms with van der Waals surface area (Å²) in [6, 6.07) is 0. The van der Waals surface area contributed by atoms with Gasteiger partial charge in [-0.2, -0.15) is 0 Å². The minimum absolute atomic E-state index is 0.276. The molecule has 112 valence electrons. The lowest BCUT2D eigenvalue weighted by Gasteiger charge is -2.37. The van der Waals surface area contributed by atoms with Crippen LogP contribution in [0.25, 0.3) is 0 Å². The van der Waals surface area contributed by atoms with E-state index >= 15 is 0 Å². The molecule has 2 fully saturated rings. The molecule has 1 saturated carbocycles. The summed E-state index contributed by atoms with van der Waals surface area (Å²) in [5.74, 6) is 0.655. The van der Waals surface area contributed by atoms with Gasteiger partial charge in [0.2, 0.25) is 0 Å². The highest BCUT2D eigenvalue weighted by Crippen LogP contribution is 2.31. The number of ether oxygens (including phenoxy) is 1. The molecular formula is C15H30N2O2. The van der Waals surface area contributed by atoms with E-state index in [1.165, 1.54) is 6.42 Å². The quantitative estimate of drug-likeness (QED) is 0.789. The monoisotopic (exact) mass is 270 g/mol. The van der Waals surface area contributed by atoms with Gasteiger partial charge in [-0.1, -0.05) is 26.7 Å². The van der Waals surface area contributed by atoms with E-state index in [1.54, 1.807) is 0 Å². The number of rotatable bonds is 5. The van der Waals surface area contributed by atoms with Gasteiger partial charge < -0.3 is 15.2 Å². The van der Waals surface area contributed by atoms with Crippen molar-refractivity contribution in [2.75, 3.05) is 39.3 Å². The highest BCUT2D eigenvalue weighted by atomic mass is 16.5. The van der Waals surface area contributed by atoms with E-state index in [9.17, 15) is 5.11 Å². The molecule has 1 aliphatic carbocycles. The SMILES string of the molecule is CCN1CCOC(CNCC2(O)CCCC(C)C2)C1. The second kappa shape index (κ2) is 7.02. The number of hydrogen-bond donors (Lipinski definition) is 2.